The van der Waals surface area contributed by atoms with E-state index in [-0.39, 0.29) is 4.75 Å². The third-order valence-corrected chi connectivity index (χ3v) is 4.04. The molecular weight excluding hydrogens is 202 g/mol. The molecule has 1 amide bonds. The summed E-state index contributed by atoms with van der Waals surface area (Å²) in [7, 11) is 0. The van der Waals surface area contributed by atoms with Crippen molar-refractivity contribution in [1.82, 2.24) is 5.32 Å². The number of rotatable bonds is 5. The highest BCUT2D eigenvalue weighted by atomic mass is 32.2. The molecule has 1 rings (SSSR count). The second kappa shape index (κ2) is 4.68. The molecular formula is C9H15NO3S. The van der Waals surface area contributed by atoms with Crippen molar-refractivity contribution in [2.24, 2.45) is 0 Å². The highest BCUT2D eigenvalue weighted by molar-refractivity contribution is 8.00. The van der Waals surface area contributed by atoms with Gasteiger partial charge in [-0.15, -0.1) is 0 Å². The van der Waals surface area contributed by atoms with Crippen LogP contribution in [-0.2, 0) is 9.59 Å². The first-order chi connectivity index (χ1) is 6.58. The second-order valence-corrected chi connectivity index (χ2v) is 4.86. The summed E-state index contributed by atoms with van der Waals surface area (Å²) in [6, 6.07) is 0. The molecule has 5 heteroatoms. The molecule has 0 aromatic rings. The number of amides is 1. The van der Waals surface area contributed by atoms with E-state index in [0.717, 1.165) is 12.8 Å². The van der Waals surface area contributed by atoms with Gasteiger partial charge in [0.2, 0.25) is 5.91 Å². The van der Waals surface area contributed by atoms with Gasteiger partial charge >= 0.3 is 5.97 Å². The molecule has 0 heterocycles. The summed E-state index contributed by atoms with van der Waals surface area (Å²) in [6.07, 6.45) is 5.03. The van der Waals surface area contributed by atoms with E-state index in [1.807, 2.05) is 6.26 Å². The van der Waals surface area contributed by atoms with Gasteiger partial charge in [0.25, 0.3) is 0 Å². The van der Waals surface area contributed by atoms with Crippen LogP contribution in [0.3, 0.4) is 0 Å². The molecule has 0 saturated heterocycles. The van der Waals surface area contributed by atoms with Crippen LogP contribution >= 0.6 is 11.8 Å². The molecule has 0 atom stereocenters. The predicted molar refractivity (Wildman–Crippen MR) is 55.4 cm³/mol. The average molecular weight is 217 g/mol. The van der Waals surface area contributed by atoms with Gasteiger partial charge in [0.1, 0.15) is 6.42 Å². The van der Waals surface area contributed by atoms with Crippen molar-refractivity contribution in [3.05, 3.63) is 0 Å². The zero-order valence-electron chi connectivity index (χ0n) is 8.21. The van der Waals surface area contributed by atoms with E-state index in [0.29, 0.717) is 6.54 Å². The lowest BCUT2D eigenvalue weighted by atomic mass is 9.84. The molecule has 1 saturated carbocycles. The monoisotopic (exact) mass is 217 g/mol. The van der Waals surface area contributed by atoms with Crippen LogP contribution < -0.4 is 5.32 Å². The number of carboxylic acid groups (broad SMARTS) is 1. The molecule has 0 radical (unpaired) electrons. The minimum absolute atomic E-state index is 0.175. The molecule has 0 bridgehead atoms. The van der Waals surface area contributed by atoms with E-state index in [1.54, 1.807) is 11.8 Å². The number of aliphatic carboxylic acids is 1. The summed E-state index contributed by atoms with van der Waals surface area (Å²) < 4.78 is 0.175. The van der Waals surface area contributed by atoms with Gasteiger partial charge < -0.3 is 10.4 Å². The fraction of sp³-hybridized carbons (Fsp3) is 0.778. The lowest BCUT2D eigenvalue weighted by molar-refractivity contribution is -0.140. The van der Waals surface area contributed by atoms with Crippen molar-refractivity contribution in [2.45, 2.75) is 30.4 Å². The maximum atomic E-state index is 11.1. The summed E-state index contributed by atoms with van der Waals surface area (Å²) in [4.78, 5) is 21.3. The third-order valence-electron chi connectivity index (χ3n) is 2.62. The van der Waals surface area contributed by atoms with Gasteiger partial charge in [0, 0.05) is 11.3 Å². The van der Waals surface area contributed by atoms with E-state index < -0.39 is 18.3 Å². The Hall–Kier alpha value is -0.710. The summed E-state index contributed by atoms with van der Waals surface area (Å²) in [5, 5.41) is 11.0. The minimum Gasteiger partial charge on any atom is -0.481 e. The van der Waals surface area contributed by atoms with Crippen LogP contribution in [0.1, 0.15) is 25.7 Å². The minimum atomic E-state index is -1.07. The molecule has 4 nitrogen and oxygen atoms in total. The number of carboxylic acids is 1. The van der Waals surface area contributed by atoms with E-state index in [9.17, 15) is 9.59 Å². The van der Waals surface area contributed by atoms with Crippen LogP contribution in [0.2, 0.25) is 0 Å². The fourth-order valence-electron chi connectivity index (χ4n) is 1.48. The Balaban J connectivity index is 2.25. The smallest absolute Gasteiger partial charge is 0.312 e. The van der Waals surface area contributed by atoms with Crippen molar-refractivity contribution in [1.29, 1.82) is 0 Å². The molecule has 0 spiro atoms. The van der Waals surface area contributed by atoms with E-state index >= 15 is 0 Å². The van der Waals surface area contributed by atoms with Gasteiger partial charge in [0.05, 0.1) is 0 Å². The number of carbonyl (C=O) groups is 2. The molecule has 1 aliphatic carbocycles. The lowest BCUT2D eigenvalue weighted by Crippen LogP contribution is -2.45. The standard InChI is InChI=1S/C9H15NO3S/c1-14-9(3-2-4-9)6-10-7(11)5-8(12)13/h2-6H2,1H3,(H,10,11)(H,12,13). The SMILES string of the molecule is CSC1(CNC(=O)CC(=O)O)CCC1. The topological polar surface area (TPSA) is 66.4 Å². The van der Waals surface area contributed by atoms with E-state index in [4.69, 9.17) is 5.11 Å². The number of thioether (sulfide) groups is 1. The fourth-order valence-corrected chi connectivity index (χ4v) is 2.40. The van der Waals surface area contributed by atoms with Gasteiger partial charge in [-0.2, -0.15) is 11.8 Å². The zero-order valence-corrected chi connectivity index (χ0v) is 9.02. The van der Waals surface area contributed by atoms with Crippen LogP contribution in [0.4, 0.5) is 0 Å². The first-order valence-corrected chi connectivity index (χ1v) is 5.84. The van der Waals surface area contributed by atoms with Crippen LogP contribution in [0.25, 0.3) is 0 Å². The summed E-state index contributed by atoms with van der Waals surface area (Å²) in [6.45, 7) is 0.597. The molecule has 14 heavy (non-hydrogen) atoms. The zero-order chi connectivity index (χ0) is 10.6. The van der Waals surface area contributed by atoms with Gasteiger partial charge in [-0.1, -0.05) is 6.42 Å². The first-order valence-electron chi connectivity index (χ1n) is 4.62. The Morgan fingerprint density at radius 3 is 2.50 bits per heavy atom. The molecule has 80 valence electrons. The predicted octanol–water partition coefficient (Wildman–Crippen LogP) is 0.863. The third kappa shape index (κ3) is 2.90. The molecule has 0 aliphatic heterocycles. The highest BCUT2D eigenvalue weighted by Crippen LogP contribution is 2.42. The molecule has 1 aliphatic rings. The lowest BCUT2D eigenvalue weighted by Gasteiger charge is -2.40. The Bertz CT molecular complexity index is 233. The number of hydrogen-bond donors (Lipinski definition) is 2. The Labute approximate surface area is 87.4 Å². The van der Waals surface area contributed by atoms with Gasteiger partial charge in [0.15, 0.2) is 0 Å². The Morgan fingerprint density at radius 2 is 2.14 bits per heavy atom. The largest absolute Gasteiger partial charge is 0.481 e. The van der Waals surface area contributed by atoms with Gasteiger partial charge in [-0.25, -0.2) is 0 Å². The first kappa shape index (κ1) is 11.4. The molecule has 0 aromatic heterocycles. The second-order valence-electron chi connectivity index (χ2n) is 3.59. The normalized spacial score (nSPS) is 18.4. The van der Waals surface area contributed by atoms with Crippen LogP contribution in [0, 0.1) is 0 Å². The van der Waals surface area contributed by atoms with Crippen LogP contribution in [-0.4, -0.2) is 34.5 Å². The van der Waals surface area contributed by atoms with Crippen LogP contribution in [0.5, 0.6) is 0 Å². The van der Waals surface area contributed by atoms with Crippen molar-refractivity contribution in [2.75, 3.05) is 12.8 Å². The molecule has 0 aromatic carbocycles. The molecule has 2 N–H and O–H groups in total. The van der Waals surface area contributed by atoms with Crippen molar-refractivity contribution in [3.63, 3.8) is 0 Å². The van der Waals surface area contributed by atoms with E-state index in [2.05, 4.69) is 5.32 Å². The van der Waals surface area contributed by atoms with Crippen molar-refractivity contribution in [3.8, 4) is 0 Å². The number of carbonyl (C=O) groups excluding carboxylic acids is 1. The quantitative estimate of drug-likeness (QED) is 0.670. The van der Waals surface area contributed by atoms with E-state index in [1.165, 1.54) is 6.42 Å². The Morgan fingerprint density at radius 1 is 1.50 bits per heavy atom. The van der Waals surface area contributed by atoms with Gasteiger partial charge in [-0.05, 0) is 19.1 Å². The van der Waals surface area contributed by atoms with Gasteiger partial charge in [-0.3, -0.25) is 9.59 Å². The summed E-state index contributed by atoms with van der Waals surface area (Å²) in [5.41, 5.74) is 0. The Kier molecular flexibility index (Phi) is 3.80. The average Bonchev–Trinajstić information content (AvgIpc) is 2.01. The molecule has 1 fully saturated rings. The number of nitrogens with one attached hydrogen (secondary N) is 1. The molecule has 0 unspecified atom stereocenters. The van der Waals surface area contributed by atoms with Crippen molar-refractivity contribution < 1.29 is 14.7 Å². The maximum absolute atomic E-state index is 11.1. The number of hydrogen-bond acceptors (Lipinski definition) is 3. The highest BCUT2D eigenvalue weighted by Gasteiger charge is 2.36. The maximum Gasteiger partial charge on any atom is 0.312 e. The summed E-state index contributed by atoms with van der Waals surface area (Å²) in [5.74, 6) is -1.47. The van der Waals surface area contributed by atoms with Crippen molar-refractivity contribution >= 4 is 23.6 Å². The summed E-state index contributed by atoms with van der Waals surface area (Å²) >= 11 is 1.76. The van der Waals surface area contributed by atoms with Crippen LogP contribution in [0.15, 0.2) is 0 Å².